The molecule has 2 rings (SSSR count). The third-order valence-electron chi connectivity index (χ3n) is 4.03. The standard InChI is InChI=1S/C14H18ClN3O3/c1-2-14(6-3-7-16-9-14)13(19)17-11-8-10(15)4-5-12(11)18(20)21/h4-5,8,16H,2-3,6-7,9H2,1H3,(H,17,19). The Morgan fingerprint density at radius 1 is 1.57 bits per heavy atom. The number of nitro groups is 1. The number of halogens is 1. The first kappa shape index (κ1) is 15.7. The molecule has 21 heavy (non-hydrogen) atoms. The molecule has 1 aromatic carbocycles. The number of piperidine rings is 1. The number of anilines is 1. The van der Waals surface area contributed by atoms with Crippen molar-refractivity contribution in [3.05, 3.63) is 33.3 Å². The Labute approximate surface area is 128 Å². The largest absolute Gasteiger partial charge is 0.320 e. The van der Waals surface area contributed by atoms with E-state index in [-0.39, 0.29) is 17.3 Å². The van der Waals surface area contributed by atoms with Gasteiger partial charge in [-0.15, -0.1) is 0 Å². The van der Waals surface area contributed by atoms with E-state index in [2.05, 4.69) is 10.6 Å². The van der Waals surface area contributed by atoms with E-state index >= 15 is 0 Å². The summed E-state index contributed by atoms with van der Waals surface area (Å²) >= 11 is 5.87. The van der Waals surface area contributed by atoms with Gasteiger partial charge in [0.15, 0.2) is 0 Å². The lowest BCUT2D eigenvalue weighted by atomic mass is 9.77. The highest BCUT2D eigenvalue weighted by molar-refractivity contribution is 6.31. The Morgan fingerprint density at radius 3 is 2.90 bits per heavy atom. The summed E-state index contributed by atoms with van der Waals surface area (Å²) in [5.74, 6) is -0.192. The number of carbonyl (C=O) groups is 1. The third kappa shape index (κ3) is 3.33. The fourth-order valence-corrected chi connectivity index (χ4v) is 2.82. The van der Waals surface area contributed by atoms with E-state index in [1.807, 2.05) is 6.92 Å². The van der Waals surface area contributed by atoms with Gasteiger partial charge in [0.25, 0.3) is 5.69 Å². The number of nitrogens with zero attached hydrogens (tertiary/aromatic N) is 1. The van der Waals surface area contributed by atoms with Gasteiger partial charge in [-0.1, -0.05) is 18.5 Å². The maximum absolute atomic E-state index is 12.6. The summed E-state index contributed by atoms with van der Waals surface area (Å²) < 4.78 is 0. The molecule has 1 unspecified atom stereocenters. The fraction of sp³-hybridized carbons (Fsp3) is 0.500. The van der Waals surface area contributed by atoms with Gasteiger partial charge in [0.05, 0.1) is 10.3 Å². The van der Waals surface area contributed by atoms with Crippen LogP contribution >= 0.6 is 11.6 Å². The Balaban J connectivity index is 2.26. The van der Waals surface area contributed by atoms with E-state index in [0.717, 1.165) is 19.4 Å². The molecular formula is C14H18ClN3O3. The van der Waals surface area contributed by atoms with Crippen LogP contribution in [0.1, 0.15) is 26.2 Å². The summed E-state index contributed by atoms with van der Waals surface area (Å²) in [6.45, 7) is 3.44. The number of amides is 1. The van der Waals surface area contributed by atoms with Gasteiger partial charge < -0.3 is 10.6 Å². The van der Waals surface area contributed by atoms with E-state index in [9.17, 15) is 14.9 Å². The number of nitrogens with one attached hydrogen (secondary N) is 2. The summed E-state index contributed by atoms with van der Waals surface area (Å²) in [4.78, 5) is 23.1. The van der Waals surface area contributed by atoms with Crippen LogP contribution in [0.15, 0.2) is 18.2 Å². The molecule has 1 heterocycles. The molecule has 6 nitrogen and oxygen atoms in total. The first-order valence-electron chi connectivity index (χ1n) is 6.94. The molecule has 0 aromatic heterocycles. The third-order valence-corrected chi connectivity index (χ3v) is 4.27. The smallest absolute Gasteiger partial charge is 0.292 e. The second kappa shape index (κ2) is 6.41. The van der Waals surface area contributed by atoms with Crippen LogP contribution in [0.25, 0.3) is 0 Å². The Kier molecular flexibility index (Phi) is 4.80. The molecule has 114 valence electrons. The van der Waals surface area contributed by atoms with E-state index in [1.165, 1.54) is 18.2 Å². The molecule has 1 saturated heterocycles. The average molecular weight is 312 g/mol. The summed E-state index contributed by atoms with van der Waals surface area (Å²) in [7, 11) is 0. The van der Waals surface area contributed by atoms with Gasteiger partial charge in [-0.3, -0.25) is 14.9 Å². The van der Waals surface area contributed by atoms with Crippen molar-refractivity contribution in [3.63, 3.8) is 0 Å². The lowest BCUT2D eigenvalue weighted by Crippen LogP contribution is -2.47. The summed E-state index contributed by atoms with van der Waals surface area (Å²) in [5.41, 5.74) is -0.521. The zero-order valence-electron chi connectivity index (χ0n) is 11.8. The van der Waals surface area contributed by atoms with E-state index in [0.29, 0.717) is 18.0 Å². The zero-order chi connectivity index (χ0) is 15.5. The predicted octanol–water partition coefficient (Wildman–Crippen LogP) is 2.97. The highest BCUT2D eigenvalue weighted by Crippen LogP contribution is 2.34. The predicted molar refractivity (Wildman–Crippen MR) is 81.6 cm³/mol. The molecule has 2 N–H and O–H groups in total. The first-order chi connectivity index (χ1) is 9.98. The van der Waals surface area contributed by atoms with Crippen LogP contribution in [0.2, 0.25) is 5.02 Å². The molecule has 1 aromatic rings. The minimum absolute atomic E-state index is 0.149. The second-order valence-corrected chi connectivity index (χ2v) is 5.72. The number of rotatable bonds is 4. The number of benzene rings is 1. The lowest BCUT2D eigenvalue weighted by Gasteiger charge is -2.35. The van der Waals surface area contributed by atoms with E-state index < -0.39 is 10.3 Å². The van der Waals surface area contributed by atoms with E-state index in [1.54, 1.807) is 0 Å². The molecule has 1 fully saturated rings. The van der Waals surface area contributed by atoms with Crippen molar-refractivity contribution in [2.45, 2.75) is 26.2 Å². The number of hydrogen-bond acceptors (Lipinski definition) is 4. The summed E-state index contributed by atoms with van der Waals surface area (Å²) in [6.07, 6.45) is 2.37. The minimum atomic E-state index is -0.524. The maximum Gasteiger partial charge on any atom is 0.292 e. The van der Waals surface area contributed by atoms with Gasteiger partial charge in [-0.25, -0.2) is 0 Å². The van der Waals surface area contributed by atoms with Crippen LogP contribution in [0, 0.1) is 15.5 Å². The lowest BCUT2D eigenvalue weighted by molar-refractivity contribution is -0.383. The Bertz CT molecular complexity index is 556. The van der Waals surface area contributed by atoms with Crippen molar-refractivity contribution in [2.75, 3.05) is 18.4 Å². The molecule has 1 aliphatic rings. The Morgan fingerprint density at radius 2 is 2.33 bits per heavy atom. The quantitative estimate of drug-likeness (QED) is 0.661. The molecule has 7 heteroatoms. The van der Waals surface area contributed by atoms with Crippen molar-refractivity contribution in [3.8, 4) is 0 Å². The van der Waals surface area contributed by atoms with Crippen molar-refractivity contribution in [2.24, 2.45) is 5.41 Å². The van der Waals surface area contributed by atoms with Crippen LogP contribution < -0.4 is 10.6 Å². The monoisotopic (exact) mass is 311 g/mol. The van der Waals surface area contributed by atoms with Gasteiger partial charge in [0.2, 0.25) is 5.91 Å². The van der Waals surface area contributed by atoms with Crippen LogP contribution in [0.3, 0.4) is 0 Å². The van der Waals surface area contributed by atoms with Crippen LogP contribution in [-0.4, -0.2) is 23.9 Å². The van der Waals surface area contributed by atoms with Crippen molar-refractivity contribution < 1.29 is 9.72 Å². The molecule has 0 saturated carbocycles. The highest BCUT2D eigenvalue weighted by Gasteiger charge is 2.38. The number of carbonyl (C=O) groups excluding carboxylic acids is 1. The molecule has 1 atom stereocenters. The van der Waals surface area contributed by atoms with Gasteiger partial charge in [0.1, 0.15) is 5.69 Å². The van der Waals surface area contributed by atoms with Crippen molar-refractivity contribution in [1.82, 2.24) is 5.32 Å². The fourth-order valence-electron chi connectivity index (χ4n) is 2.65. The molecule has 0 radical (unpaired) electrons. The van der Waals surface area contributed by atoms with Gasteiger partial charge >= 0.3 is 0 Å². The summed E-state index contributed by atoms with van der Waals surface area (Å²) in [5, 5.41) is 17.3. The first-order valence-corrected chi connectivity index (χ1v) is 7.32. The average Bonchev–Trinajstić information content (AvgIpc) is 2.47. The molecule has 0 aliphatic carbocycles. The maximum atomic E-state index is 12.6. The normalized spacial score (nSPS) is 21.8. The number of hydrogen-bond donors (Lipinski definition) is 2. The van der Waals surface area contributed by atoms with Gasteiger partial charge in [-0.05, 0) is 37.9 Å². The van der Waals surface area contributed by atoms with Gasteiger partial charge in [0, 0.05) is 17.6 Å². The molecular weight excluding hydrogens is 294 g/mol. The minimum Gasteiger partial charge on any atom is -0.320 e. The Hall–Kier alpha value is -1.66. The van der Waals surface area contributed by atoms with Crippen LogP contribution in [-0.2, 0) is 4.79 Å². The van der Waals surface area contributed by atoms with Crippen LogP contribution in [0.5, 0.6) is 0 Å². The van der Waals surface area contributed by atoms with E-state index in [4.69, 9.17) is 11.6 Å². The summed E-state index contributed by atoms with van der Waals surface area (Å²) in [6, 6.07) is 4.15. The second-order valence-electron chi connectivity index (χ2n) is 5.29. The molecule has 0 spiro atoms. The zero-order valence-corrected chi connectivity index (χ0v) is 12.6. The molecule has 1 aliphatic heterocycles. The van der Waals surface area contributed by atoms with Crippen LogP contribution in [0.4, 0.5) is 11.4 Å². The molecule has 0 bridgehead atoms. The number of nitro benzene ring substituents is 1. The van der Waals surface area contributed by atoms with Gasteiger partial charge in [-0.2, -0.15) is 0 Å². The van der Waals surface area contributed by atoms with Crippen molar-refractivity contribution >= 4 is 28.9 Å². The SMILES string of the molecule is CCC1(C(=O)Nc2cc(Cl)ccc2[N+](=O)[O-])CCCNC1. The molecule has 1 amide bonds. The topological polar surface area (TPSA) is 84.3 Å². The highest BCUT2D eigenvalue weighted by atomic mass is 35.5. The van der Waals surface area contributed by atoms with Crippen molar-refractivity contribution in [1.29, 1.82) is 0 Å².